The highest BCUT2D eigenvalue weighted by Gasteiger charge is 2.21. The van der Waals surface area contributed by atoms with E-state index in [0.29, 0.717) is 21.7 Å². The summed E-state index contributed by atoms with van der Waals surface area (Å²) in [6.45, 7) is 1.89. The molecule has 0 bridgehead atoms. The van der Waals surface area contributed by atoms with Crippen LogP contribution in [0.2, 0.25) is 0 Å². The fourth-order valence-corrected chi connectivity index (χ4v) is 4.05. The molecule has 0 spiro atoms. The fraction of sp³-hybridized carbons (Fsp3) is 0.200. The van der Waals surface area contributed by atoms with Crippen molar-refractivity contribution in [3.05, 3.63) is 46.4 Å². The topological polar surface area (TPSA) is 64.6 Å². The molecule has 2 aromatic carbocycles. The molecule has 22 heavy (non-hydrogen) atoms. The van der Waals surface area contributed by atoms with Gasteiger partial charge in [0.25, 0.3) is 10.0 Å². The van der Waals surface area contributed by atoms with Gasteiger partial charge in [0.1, 0.15) is 4.90 Å². The Morgan fingerprint density at radius 1 is 1.05 bits per heavy atom. The van der Waals surface area contributed by atoms with Crippen LogP contribution in [-0.2, 0) is 10.0 Å². The number of ether oxygens (including phenoxy) is 2. The van der Waals surface area contributed by atoms with Crippen molar-refractivity contribution in [1.29, 1.82) is 0 Å². The summed E-state index contributed by atoms with van der Waals surface area (Å²) in [7, 11) is -0.807. The lowest BCUT2D eigenvalue weighted by atomic mass is 10.2. The maximum Gasteiger partial charge on any atom is 0.263 e. The van der Waals surface area contributed by atoms with Crippen LogP contribution in [0.1, 0.15) is 5.56 Å². The quantitative estimate of drug-likeness (QED) is 0.853. The van der Waals surface area contributed by atoms with Gasteiger partial charge in [-0.2, -0.15) is 0 Å². The second-order valence-electron chi connectivity index (χ2n) is 4.61. The predicted molar refractivity (Wildman–Crippen MR) is 89.2 cm³/mol. The third kappa shape index (κ3) is 3.53. The summed E-state index contributed by atoms with van der Waals surface area (Å²) in [5.41, 5.74) is 1.47. The first-order chi connectivity index (χ1) is 10.4. The van der Waals surface area contributed by atoms with Crippen molar-refractivity contribution < 1.29 is 17.9 Å². The van der Waals surface area contributed by atoms with Crippen LogP contribution in [-0.4, -0.2) is 22.6 Å². The van der Waals surface area contributed by atoms with E-state index in [9.17, 15) is 8.42 Å². The van der Waals surface area contributed by atoms with Crippen LogP contribution >= 0.6 is 15.9 Å². The maximum atomic E-state index is 12.6. The molecule has 0 saturated heterocycles. The Labute approximate surface area is 138 Å². The zero-order valence-electron chi connectivity index (χ0n) is 12.4. The first-order valence-corrected chi connectivity index (χ1v) is 8.66. The standard InChI is InChI=1S/C15H16BrNO4S/c1-10-5-4-6-11(7-10)17-22(18,19)15-9-14(21-3)13(20-2)8-12(15)16/h4-9,17H,1-3H3. The van der Waals surface area contributed by atoms with Crippen LogP contribution in [0.25, 0.3) is 0 Å². The summed E-state index contributed by atoms with van der Waals surface area (Å²) < 4.78 is 38.4. The van der Waals surface area contributed by atoms with Gasteiger partial charge in [0, 0.05) is 16.2 Å². The van der Waals surface area contributed by atoms with Gasteiger partial charge in [0.15, 0.2) is 11.5 Å². The van der Waals surface area contributed by atoms with E-state index in [0.717, 1.165) is 5.56 Å². The zero-order chi connectivity index (χ0) is 16.3. The Bertz CT molecular complexity index is 790. The van der Waals surface area contributed by atoms with Crippen LogP contribution in [0.3, 0.4) is 0 Å². The van der Waals surface area contributed by atoms with E-state index in [-0.39, 0.29) is 4.90 Å². The molecule has 0 aliphatic heterocycles. The van der Waals surface area contributed by atoms with E-state index in [1.54, 1.807) is 24.3 Å². The molecule has 118 valence electrons. The van der Waals surface area contributed by atoms with E-state index < -0.39 is 10.0 Å². The summed E-state index contributed by atoms with van der Waals surface area (Å²) in [6.07, 6.45) is 0. The molecule has 0 heterocycles. The second-order valence-corrected chi connectivity index (χ2v) is 7.12. The molecule has 0 unspecified atom stereocenters. The van der Waals surface area contributed by atoms with Crippen molar-refractivity contribution in [2.75, 3.05) is 18.9 Å². The molecular weight excluding hydrogens is 370 g/mol. The molecule has 5 nitrogen and oxygen atoms in total. The lowest BCUT2D eigenvalue weighted by molar-refractivity contribution is 0.353. The SMILES string of the molecule is COc1cc(Br)c(S(=O)(=O)Nc2cccc(C)c2)cc1OC. The molecule has 2 rings (SSSR count). The molecule has 0 saturated carbocycles. The number of rotatable bonds is 5. The Morgan fingerprint density at radius 2 is 1.68 bits per heavy atom. The number of sulfonamides is 1. The number of hydrogen-bond acceptors (Lipinski definition) is 4. The molecule has 1 N–H and O–H groups in total. The van der Waals surface area contributed by atoms with Crippen LogP contribution in [0.5, 0.6) is 11.5 Å². The van der Waals surface area contributed by atoms with Gasteiger partial charge in [-0.25, -0.2) is 8.42 Å². The van der Waals surface area contributed by atoms with E-state index in [2.05, 4.69) is 20.7 Å². The predicted octanol–water partition coefficient (Wildman–Crippen LogP) is 3.58. The Morgan fingerprint density at radius 3 is 2.27 bits per heavy atom. The Hall–Kier alpha value is -1.73. The maximum absolute atomic E-state index is 12.6. The fourth-order valence-electron chi connectivity index (χ4n) is 1.96. The van der Waals surface area contributed by atoms with Gasteiger partial charge in [-0.1, -0.05) is 12.1 Å². The number of anilines is 1. The van der Waals surface area contributed by atoms with Crippen molar-refractivity contribution in [2.24, 2.45) is 0 Å². The average molecular weight is 386 g/mol. The lowest BCUT2D eigenvalue weighted by Gasteiger charge is -2.13. The third-order valence-electron chi connectivity index (χ3n) is 3.00. The summed E-state index contributed by atoms with van der Waals surface area (Å²) in [4.78, 5) is 0.0756. The van der Waals surface area contributed by atoms with Crippen LogP contribution in [0.15, 0.2) is 45.8 Å². The summed E-state index contributed by atoms with van der Waals surface area (Å²) in [6, 6.07) is 10.1. The number of aryl methyl sites for hydroxylation is 1. The molecule has 0 aliphatic carbocycles. The summed E-state index contributed by atoms with van der Waals surface area (Å²) in [5.74, 6) is 0.791. The van der Waals surface area contributed by atoms with Crippen molar-refractivity contribution in [3.63, 3.8) is 0 Å². The van der Waals surface area contributed by atoms with Crippen LogP contribution < -0.4 is 14.2 Å². The van der Waals surface area contributed by atoms with Crippen molar-refractivity contribution in [2.45, 2.75) is 11.8 Å². The molecule has 0 amide bonds. The minimum absolute atomic E-state index is 0.0756. The van der Waals surface area contributed by atoms with Gasteiger partial charge in [-0.05, 0) is 46.6 Å². The molecule has 7 heteroatoms. The lowest BCUT2D eigenvalue weighted by Crippen LogP contribution is -2.14. The average Bonchev–Trinajstić information content (AvgIpc) is 2.46. The Balaban J connectivity index is 2.45. The van der Waals surface area contributed by atoms with Gasteiger partial charge >= 0.3 is 0 Å². The van der Waals surface area contributed by atoms with Crippen LogP contribution in [0.4, 0.5) is 5.69 Å². The molecule has 0 atom stereocenters. The van der Waals surface area contributed by atoms with Crippen molar-refractivity contribution in [1.82, 2.24) is 0 Å². The van der Waals surface area contributed by atoms with Crippen LogP contribution in [0, 0.1) is 6.92 Å². The van der Waals surface area contributed by atoms with E-state index >= 15 is 0 Å². The molecule has 0 radical (unpaired) electrons. The number of benzene rings is 2. The second kappa shape index (κ2) is 6.58. The van der Waals surface area contributed by atoms with E-state index in [1.807, 2.05) is 13.0 Å². The first kappa shape index (κ1) is 16.6. The number of halogens is 1. The molecular formula is C15H16BrNO4S. The zero-order valence-corrected chi connectivity index (χ0v) is 14.8. The van der Waals surface area contributed by atoms with Gasteiger partial charge in [0.05, 0.1) is 14.2 Å². The normalized spacial score (nSPS) is 11.1. The van der Waals surface area contributed by atoms with Crippen molar-refractivity contribution >= 4 is 31.6 Å². The van der Waals surface area contributed by atoms with Gasteiger partial charge in [-0.3, -0.25) is 4.72 Å². The highest BCUT2D eigenvalue weighted by molar-refractivity contribution is 9.10. The largest absolute Gasteiger partial charge is 0.493 e. The molecule has 0 fully saturated rings. The van der Waals surface area contributed by atoms with E-state index in [4.69, 9.17) is 9.47 Å². The third-order valence-corrected chi connectivity index (χ3v) is 5.34. The molecule has 0 aliphatic rings. The minimum atomic E-state index is -3.75. The minimum Gasteiger partial charge on any atom is -0.493 e. The smallest absolute Gasteiger partial charge is 0.263 e. The molecule has 2 aromatic rings. The van der Waals surface area contributed by atoms with Crippen molar-refractivity contribution in [3.8, 4) is 11.5 Å². The highest BCUT2D eigenvalue weighted by Crippen LogP contribution is 2.36. The monoisotopic (exact) mass is 385 g/mol. The highest BCUT2D eigenvalue weighted by atomic mass is 79.9. The van der Waals surface area contributed by atoms with Gasteiger partial charge in [0.2, 0.25) is 0 Å². The van der Waals surface area contributed by atoms with Gasteiger partial charge in [-0.15, -0.1) is 0 Å². The Kier molecular flexibility index (Phi) is 4.97. The molecule has 0 aromatic heterocycles. The van der Waals surface area contributed by atoms with E-state index in [1.165, 1.54) is 20.3 Å². The summed E-state index contributed by atoms with van der Waals surface area (Å²) >= 11 is 3.26. The number of methoxy groups -OCH3 is 2. The first-order valence-electron chi connectivity index (χ1n) is 6.38. The number of nitrogens with one attached hydrogen (secondary N) is 1. The van der Waals surface area contributed by atoms with Gasteiger partial charge < -0.3 is 9.47 Å². The number of hydrogen-bond donors (Lipinski definition) is 1. The summed E-state index contributed by atoms with van der Waals surface area (Å²) in [5, 5.41) is 0.